The molecule has 0 spiro atoms. The van der Waals surface area contributed by atoms with Crippen LogP contribution in [0.4, 0.5) is 4.39 Å². The van der Waals surface area contributed by atoms with Crippen LogP contribution < -0.4 is 4.74 Å². The lowest BCUT2D eigenvalue weighted by molar-refractivity contribution is 0.000706. The highest BCUT2D eigenvalue weighted by Gasteiger charge is 2.40. The molecule has 1 aliphatic rings. The van der Waals surface area contributed by atoms with Gasteiger partial charge in [-0.2, -0.15) is 0 Å². The van der Waals surface area contributed by atoms with E-state index in [-0.39, 0.29) is 17.5 Å². The topological polar surface area (TPSA) is 29.5 Å². The molecule has 2 rings (SSSR count). The molecule has 0 radical (unpaired) electrons. The van der Waals surface area contributed by atoms with E-state index in [2.05, 4.69) is 6.92 Å². The first-order valence-electron chi connectivity index (χ1n) is 6.64. The van der Waals surface area contributed by atoms with E-state index in [4.69, 9.17) is 4.74 Å². The van der Waals surface area contributed by atoms with Crippen LogP contribution in [0.5, 0.6) is 5.75 Å². The number of hydrogen-bond donors (Lipinski definition) is 1. The summed E-state index contributed by atoms with van der Waals surface area (Å²) in [6, 6.07) is 5.12. The molecular formula is C15H21FO2. The molecule has 0 heterocycles. The van der Waals surface area contributed by atoms with Crippen molar-refractivity contribution >= 4 is 0 Å². The molecule has 3 heteroatoms. The van der Waals surface area contributed by atoms with Crippen molar-refractivity contribution in [3.8, 4) is 5.75 Å². The summed E-state index contributed by atoms with van der Waals surface area (Å²) in [4.78, 5) is 0. The normalized spacial score (nSPS) is 27.4. The summed E-state index contributed by atoms with van der Waals surface area (Å²) in [5, 5.41) is 10.7. The largest absolute Gasteiger partial charge is 0.494 e. The fraction of sp³-hybridized carbons (Fsp3) is 0.600. The second kappa shape index (κ2) is 5.27. The summed E-state index contributed by atoms with van der Waals surface area (Å²) in [6.07, 6.45) is 4.16. The highest BCUT2D eigenvalue weighted by Crippen LogP contribution is 2.40. The predicted octanol–water partition coefficient (Wildman–Crippen LogP) is 3.32. The Morgan fingerprint density at radius 1 is 1.50 bits per heavy atom. The molecular weight excluding hydrogens is 231 g/mol. The average Bonchev–Trinajstić information content (AvgIpc) is 2.73. The van der Waals surface area contributed by atoms with Gasteiger partial charge >= 0.3 is 0 Å². The third kappa shape index (κ3) is 2.37. The van der Waals surface area contributed by atoms with Crippen molar-refractivity contribution in [1.29, 1.82) is 0 Å². The van der Waals surface area contributed by atoms with Crippen LogP contribution in [-0.2, 0) is 6.42 Å². The molecule has 1 aliphatic carbocycles. The monoisotopic (exact) mass is 252 g/mol. The summed E-state index contributed by atoms with van der Waals surface area (Å²) in [6.45, 7) is 2.09. The molecule has 18 heavy (non-hydrogen) atoms. The van der Waals surface area contributed by atoms with Gasteiger partial charge < -0.3 is 9.84 Å². The van der Waals surface area contributed by atoms with E-state index in [1.807, 2.05) is 0 Å². The number of halogens is 1. The van der Waals surface area contributed by atoms with E-state index in [1.54, 1.807) is 18.2 Å². The van der Waals surface area contributed by atoms with E-state index in [0.717, 1.165) is 25.7 Å². The molecule has 0 aliphatic heterocycles. The lowest BCUT2D eigenvalue weighted by Gasteiger charge is -2.30. The van der Waals surface area contributed by atoms with Crippen molar-refractivity contribution in [2.75, 3.05) is 7.11 Å². The van der Waals surface area contributed by atoms with Crippen LogP contribution in [0, 0.1) is 11.7 Å². The molecule has 0 saturated heterocycles. The Balaban J connectivity index is 2.23. The lowest BCUT2D eigenvalue weighted by atomic mass is 9.83. The van der Waals surface area contributed by atoms with Crippen molar-refractivity contribution < 1.29 is 14.2 Å². The molecule has 1 aromatic rings. The van der Waals surface area contributed by atoms with Crippen LogP contribution in [-0.4, -0.2) is 17.8 Å². The van der Waals surface area contributed by atoms with Gasteiger partial charge in [0.15, 0.2) is 11.6 Å². The number of hydrogen-bond acceptors (Lipinski definition) is 2. The minimum atomic E-state index is -0.748. The van der Waals surface area contributed by atoms with Crippen molar-refractivity contribution in [1.82, 2.24) is 0 Å². The first kappa shape index (κ1) is 13.3. The van der Waals surface area contributed by atoms with Crippen LogP contribution in [0.25, 0.3) is 0 Å². The fourth-order valence-corrected chi connectivity index (χ4v) is 3.12. The minimum absolute atomic E-state index is 0.252. The standard InChI is InChI=1S/C15H21FO2/c1-3-12-7-5-9-15(12,17)10-11-6-4-8-13(18-2)14(11)16/h4,6,8,12,17H,3,5,7,9-10H2,1-2H3. The number of benzene rings is 1. The minimum Gasteiger partial charge on any atom is -0.494 e. The van der Waals surface area contributed by atoms with Crippen LogP contribution in [0.3, 0.4) is 0 Å². The Kier molecular flexibility index (Phi) is 3.91. The van der Waals surface area contributed by atoms with Gasteiger partial charge in [0.25, 0.3) is 0 Å². The van der Waals surface area contributed by atoms with Crippen molar-refractivity contribution in [2.45, 2.75) is 44.6 Å². The van der Waals surface area contributed by atoms with Crippen molar-refractivity contribution in [2.24, 2.45) is 5.92 Å². The zero-order chi connectivity index (χ0) is 13.2. The van der Waals surface area contributed by atoms with E-state index in [0.29, 0.717) is 12.0 Å². The first-order chi connectivity index (χ1) is 8.60. The maximum Gasteiger partial charge on any atom is 0.168 e. The molecule has 2 nitrogen and oxygen atoms in total. The van der Waals surface area contributed by atoms with E-state index in [9.17, 15) is 9.50 Å². The van der Waals surface area contributed by atoms with Gasteiger partial charge in [0.1, 0.15) is 0 Å². The summed E-state index contributed by atoms with van der Waals surface area (Å²) < 4.78 is 19.1. The maximum absolute atomic E-state index is 14.1. The van der Waals surface area contributed by atoms with Crippen LogP contribution in [0.1, 0.15) is 38.2 Å². The maximum atomic E-state index is 14.1. The summed E-state index contributed by atoms with van der Waals surface area (Å²) in [5.74, 6) is 0.195. The number of methoxy groups -OCH3 is 1. The molecule has 2 unspecified atom stereocenters. The molecule has 1 aromatic carbocycles. The van der Waals surface area contributed by atoms with E-state index < -0.39 is 5.60 Å². The molecule has 2 atom stereocenters. The lowest BCUT2D eigenvalue weighted by Crippen LogP contribution is -2.35. The molecule has 100 valence electrons. The van der Waals surface area contributed by atoms with E-state index >= 15 is 0 Å². The summed E-state index contributed by atoms with van der Waals surface area (Å²) in [7, 11) is 1.46. The molecule has 0 bridgehead atoms. The van der Waals surface area contributed by atoms with Gasteiger partial charge in [-0.25, -0.2) is 4.39 Å². The third-order valence-electron chi connectivity index (χ3n) is 4.17. The second-order valence-corrected chi connectivity index (χ2v) is 5.21. The summed E-state index contributed by atoms with van der Waals surface area (Å²) >= 11 is 0. The van der Waals surface area contributed by atoms with Crippen LogP contribution >= 0.6 is 0 Å². The Labute approximate surface area is 108 Å². The number of ether oxygens (including phenoxy) is 1. The quantitative estimate of drug-likeness (QED) is 0.890. The van der Waals surface area contributed by atoms with Gasteiger partial charge in [0.2, 0.25) is 0 Å². The van der Waals surface area contributed by atoms with Crippen molar-refractivity contribution in [3.63, 3.8) is 0 Å². The van der Waals surface area contributed by atoms with Gasteiger partial charge in [-0.1, -0.05) is 31.9 Å². The zero-order valence-electron chi connectivity index (χ0n) is 11.1. The zero-order valence-corrected chi connectivity index (χ0v) is 11.1. The highest BCUT2D eigenvalue weighted by atomic mass is 19.1. The van der Waals surface area contributed by atoms with Crippen molar-refractivity contribution in [3.05, 3.63) is 29.6 Å². The number of rotatable bonds is 4. The molecule has 1 fully saturated rings. The second-order valence-electron chi connectivity index (χ2n) is 5.21. The highest BCUT2D eigenvalue weighted by molar-refractivity contribution is 5.32. The van der Waals surface area contributed by atoms with Gasteiger partial charge in [0.05, 0.1) is 12.7 Å². The molecule has 0 aromatic heterocycles. The molecule has 1 saturated carbocycles. The molecule has 0 amide bonds. The number of aliphatic hydroxyl groups is 1. The fourth-order valence-electron chi connectivity index (χ4n) is 3.12. The SMILES string of the molecule is CCC1CCCC1(O)Cc1cccc(OC)c1F. The van der Waals surface area contributed by atoms with Gasteiger partial charge in [-0.3, -0.25) is 0 Å². The van der Waals surface area contributed by atoms with E-state index in [1.165, 1.54) is 7.11 Å². The third-order valence-corrected chi connectivity index (χ3v) is 4.17. The average molecular weight is 252 g/mol. The van der Waals surface area contributed by atoms with Gasteiger partial charge in [-0.15, -0.1) is 0 Å². The Morgan fingerprint density at radius 2 is 2.28 bits per heavy atom. The summed E-state index contributed by atoms with van der Waals surface area (Å²) in [5.41, 5.74) is -0.195. The smallest absolute Gasteiger partial charge is 0.168 e. The predicted molar refractivity (Wildman–Crippen MR) is 69.2 cm³/mol. The Morgan fingerprint density at radius 3 is 2.94 bits per heavy atom. The van der Waals surface area contributed by atoms with Crippen LogP contribution in [0.15, 0.2) is 18.2 Å². The molecule has 1 N–H and O–H groups in total. The van der Waals surface area contributed by atoms with Gasteiger partial charge in [0, 0.05) is 6.42 Å². The Hall–Kier alpha value is -1.09. The van der Waals surface area contributed by atoms with Gasteiger partial charge in [-0.05, 0) is 30.4 Å². The van der Waals surface area contributed by atoms with Crippen LogP contribution in [0.2, 0.25) is 0 Å². The Bertz CT molecular complexity index is 419. The first-order valence-corrected chi connectivity index (χ1v) is 6.64.